The van der Waals surface area contributed by atoms with Gasteiger partial charge in [0.2, 0.25) is 0 Å². The van der Waals surface area contributed by atoms with Gasteiger partial charge in [0, 0.05) is 42.9 Å². The Morgan fingerprint density at radius 1 is 0.761 bits per heavy atom. The van der Waals surface area contributed by atoms with Gasteiger partial charge in [0.15, 0.2) is 11.9 Å². The maximum Gasteiger partial charge on any atom is 0.417 e. The topological polar surface area (TPSA) is 231 Å². The van der Waals surface area contributed by atoms with Crippen LogP contribution in [0.4, 0.5) is 37.7 Å². The molecule has 6 rings (SSSR count). The number of hydrogen-bond donors (Lipinski definition) is 7. The van der Waals surface area contributed by atoms with Crippen LogP contribution in [-0.4, -0.2) is 96.5 Å². The van der Waals surface area contributed by atoms with E-state index in [0.29, 0.717) is 25.1 Å². The molecule has 2 aliphatic heterocycles. The first-order valence-corrected chi connectivity index (χ1v) is 24.0. The number of benzene rings is 2. The smallest absolute Gasteiger partial charge is 0.417 e. The van der Waals surface area contributed by atoms with Crippen LogP contribution in [0.5, 0.6) is 0 Å². The summed E-state index contributed by atoms with van der Waals surface area (Å²) in [5, 5.41) is 41.4. The van der Waals surface area contributed by atoms with E-state index in [4.69, 9.17) is 51.5 Å². The van der Waals surface area contributed by atoms with Crippen molar-refractivity contribution in [3.63, 3.8) is 0 Å². The maximum absolute atomic E-state index is 13.2. The van der Waals surface area contributed by atoms with Crippen LogP contribution in [0, 0.1) is 10.8 Å². The lowest BCUT2D eigenvalue weighted by Crippen LogP contribution is -2.49. The molecule has 15 nitrogen and oxygen atoms in total. The number of aliphatic hydroxyl groups is 3. The Balaban J connectivity index is 0.000000253. The van der Waals surface area contributed by atoms with Crippen LogP contribution in [0.15, 0.2) is 70.7 Å². The molecule has 4 heterocycles. The number of piperidine rings is 2. The lowest BCUT2D eigenvalue weighted by atomic mass is 9.81. The zero-order valence-corrected chi connectivity index (χ0v) is 40.2. The first-order valence-electron chi connectivity index (χ1n) is 19.5. The molecule has 2 aromatic carbocycles. The van der Waals surface area contributed by atoms with E-state index in [0.717, 1.165) is 56.0 Å². The van der Waals surface area contributed by atoms with Crippen molar-refractivity contribution in [1.29, 1.82) is 0 Å². The minimum absolute atomic E-state index is 0.0464. The molecule has 2 aromatic heterocycles. The molecule has 67 heavy (non-hydrogen) atoms. The SMILES string of the molecule is CC1(C)CN(C(O)c2ncc(Cl)cc2NS(=O)(=O)c2ccc(Cl)c(C(F)(F)F)c2)CCC1O.CC1(C)CNCCC1O.O=C(O)c1ncc(Cl)cc1NS(=O)(=O)c1ccc(Cl)c(C(F)(F)F)c1. The second kappa shape index (κ2) is 21.5. The van der Waals surface area contributed by atoms with E-state index in [9.17, 15) is 63.3 Å². The summed E-state index contributed by atoms with van der Waals surface area (Å²) in [5.74, 6) is -1.55. The van der Waals surface area contributed by atoms with Crippen molar-refractivity contribution >= 4 is 83.8 Å². The van der Waals surface area contributed by atoms with Gasteiger partial charge in [-0.2, -0.15) is 26.3 Å². The number of alkyl halides is 6. The maximum atomic E-state index is 13.2. The summed E-state index contributed by atoms with van der Waals surface area (Å²) < 4.78 is 132. The highest BCUT2D eigenvalue weighted by molar-refractivity contribution is 7.93. The molecular weight excluding hydrogens is 1030 g/mol. The summed E-state index contributed by atoms with van der Waals surface area (Å²) in [5.41, 5.74) is -4.55. The molecule has 0 spiro atoms. The fourth-order valence-corrected chi connectivity index (χ4v) is 9.48. The molecule has 370 valence electrons. The number of nitrogens with one attached hydrogen (secondary N) is 3. The summed E-state index contributed by atoms with van der Waals surface area (Å²) in [4.78, 5) is 18.8. The third kappa shape index (κ3) is 14.6. The molecule has 0 amide bonds. The van der Waals surface area contributed by atoms with Crippen LogP contribution in [0.25, 0.3) is 0 Å². The lowest BCUT2D eigenvalue weighted by molar-refractivity contribution is -0.138. The third-order valence-electron chi connectivity index (χ3n) is 10.4. The number of halogens is 10. The van der Waals surface area contributed by atoms with E-state index in [1.807, 2.05) is 18.6 Å². The predicted octanol–water partition coefficient (Wildman–Crippen LogP) is 8.56. The normalized spacial score (nSPS) is 19.2. The first-order chi connectivity index (χ1) is 30.7. The number of likely N-dealkylation sites (tertiary alicyclic amines) is 1. The quantitative estimate of drug-likeness (QED) is 0.0780. The zero-order valence-electron chi connectivity index (χ0n) is 35.5. The molecule has 3 unspecified atom stereocenters. The summed E-state index contributed by atoms with van der Waals surface area (Å²) in [6.45, 7) is 10.3. The highest BCUT2D eigenvalue weighted by atomic mass is 35.5. The van der Waals surface area contributed by atoms with Gasteiger partial charge < -0.3 is 25.7 Å². The number of aromatic nitrogens is 2. The van der Waals surface area contributed by atoms with E-state index in [1.165, 1.54) is 12.3 Å². The molecular formula is C40H44Cl4F6N6O9S2. The number of anilines is 2. The first kappa shape index (κ1) is 55.8. The average Bonchev–Trinajstić information content (AvgIpc) is 3.19. The minimum atomic E-state index is -4.87. The summed E-state index contributed by atoms with van der Waals surface area (Å²) in [6.07, 6.45) is -8.30. The predicted molar refractivity (Wildman–Crippen MR) is 238 cm³/mol. The summed E-state index contributed by atoms with van der Waals surface area (Å²) in [6, 6.07) is 6.32. The minimum Gasteiger partial charge on any atom is -0.476 e. The van der Waals surface area contributed by atoms with Gasteiger partial charge in [-0.05, 0) is 67.9 Å². The Bertz CT molecular complexity index is 2670. The molecule has 0 aliphatic carbocycles. The fraction of sp³-hybridized carbons (Fsp3) is 0.425. The van der Waals surface area contributed by atoms with Crippen LogP contribution in [0.3, 0.4) is 0 Å². The molecule has 2 saturated heterocycles. The van der Waals surface area contributed by atoms with Gasteiger partial charge in [0.1, 0.15) is 5.69 Å². The molecule has 3 atom stereocenters. The Hall–Kier alpha value is -3.75. The van der Waals surface area contributed by atoms with Gasteiger partial charge in [0.25, 0.3) is 20.0 Å². The number of carbonyl (C=O) groups is 1. The van der Waals surface area contributed by atoms with Crippen LogP contribution >= 0.6 is 46.4 Å². The molecule has 0 bridgehead atoms. The van der Waals surface area contributed by atoms with E-state index in [-0.39, 0.29) is 39.5 Å². The third-order valence-corrected chi connectivity index (χ3v) is 14.2. The molecule has 7 N–H and O–H groups in total. The van der Waals surface area contributed by atoms with E-state index < -0.39 is 98.5 Å². The molecule has 0 radical (unpaired) electrons. The van der Waals surface area contributed by atoms with Gasteiger partial charge in [-0.15, -0.1) is 0 Å². The van der Waals surface area contributed by atoms with Crippen LogP contribution in [0.2, 0.25) is 20.1 Å². The fourth-order valence-electron chi connectivity index (χ4n) is 6.54. The number of carboxylic acid groups (broad SMARTS) is 1. The van der Waals surface area contributed by atoms with Crippen molar-refractivity contribution in [2.75, 3.05) is 35.6 Å². The van der Waals surface area contributed by atoms with E-state index >= 15 is 0 Å². The Morgan fingerprint density at radius 3 is 1.66 bits per heavy atom. The van der Waals surface area contributed by atoms with E-state index in [1.54, 1.807) is 4.90 Å². The number of pyridine rings is 2. The Kier molecular flexibility index (Phi) is 17.9. The van der Waals surface area contributed by atoms with Crippen molar-refractivity contribution in [2.24, 2.45) is 10.8 Å². The molecule has 2 fully saturated rings. The Labute approximate surface area is 401 Å². The largest absolute Gasteiger partial charge is 0.476 e. The van der Waals surface area contributed by atoms with E-state index in [2.05, 4.69) is 33.9 Å². The number of aromatic carboxylic acids is 1. The molecule has 0 saturated carbocycles. The number of sulfonamides is 2. The van der Waals surface area contributed by atoms with Crippen LogP contribution in [0.1, 0.15) is 74.1 Å². The standard InChI is InChI=1S/C20H22Cl2F3N3O4S.C13H7Cl2F3N2O4S.C7H15NO/c1-19(2)10-28(6-5-16(19)29)18(30)17-15(7-11(21)9-26-17)27-33(31,32)12-3-4-14(22)13(8-12)20(23,24)25;14-6-3-10(11(12(21)22)19-5-6)20-25(23,24)7-1-2-9(15)8(4-7)13(16,17)18;1-7(2)5-8-4-3-6(7)9/h3-4,7-9,16,18,27,29-30H,5-6,10H2,1-2H3;1-5,20H,(H,21,22);6,8-9H,3-5H2,1-2H3. The number of carboxylic acids is 1. The molecule has 4 aromatic rings. The van der Waals surface area contributed by atoms with Crippen molar-refractivity contribution in [2.45, 2.75) is 81.1 Å². The monoisotopic (exact) mass is 1070 g/mol. The molecule has 2 aliphatic rings. The summed E-state index contributed by atoms with van der Waals surface area (Å²) >= 11 is 22.6. The van der Waals surface area contributed by atoms with Gasteiger partial charge in [-0.25, -0.2) is 26.6 Å². The second-order valence-electron chi connectivity index (χ2n) is 16.5. The lowest BCUT2D eigenvalue weighted by Gasteiger charge is -2.43. The number of hydrogen-bond acceptors (Lipinski definition) is 12. The van der Waals surface area contributed by atoms with Gasteiger partial charge in [-0.3, -0.25) is 19.3 Å². The second-order valence-corrected chi connectivity index (χ2v) is 21.6. The number of nitrogens with zero attached hydrogens (tertiary/aromatic N) is 3. The summed E-state index contributed by atoms with van der Waals surface area (Å²) in [7, 11) is -9.08. The van der Waals surface area contributed by atoms with Crippen LogP contribution < -0.4 is 14.8 Å². The van der Waals surface area contributed by atoms with Crippen molar-refractivity contribution in [3.8, 4) is 0 Å². The van der Waals surface area contributed by atoms with Crippen molar-refractivity contribution in [3.05, 3.63) is 104 Å². The average molecular weight is 1070 g/mol. The van der Waals surface area contributed by atoms with Gasteiger partial charge in [-0.1, -0.05) is 74.1 Å². The van der Waals surface area contributed by atoms with Crippen molar-refractivity contribution in [1.82, 2.24) is 20.2 Å². The zero-order chi connectivity index (χ0) is 50.7. The van der Waals surface area contributed by atoms with Crippen molar-refractivity contribution < 1.29 is 68.4 Å². The highest BCUT2D eigenvalue weighted by Crippen LogP contribution is 2.39. The molecule has 27 heteroatoms. The Morgan fingerprint density at radius 2 is 1.22 bits per heavy atom. The van der Waals surface area contributed by atoms with Crippen LogP contribution in [-0.2, 0) is 32.4 Å². The number of rotatable bonds is 9. The number of aliphatic hydroxyl groups excluding tert-OH is 3. The van der Waals surface area contributed by atoms with Gasteiger partial charge >= 0.3 is 18.3 Å². The van der Waals surface area contributed by atoms with Gasteiger partial charge in [0.05, 0.1) is 64.6 Å². The highest BCUT2D eigenvalue weighted by Gasteiger charge is 2.39.